The van der Waals surface area contributed by atoms with Gasteiger partial charge in [-0.1, -0.05) is 28.8 Å². The third-order valence-electron chi connectivity index (χ3n) is 10.3. The Bertz CT molecular complexity index is 3010. The molecule has 2 aliphatic rings. The number of nitrogens with zero attached hydrogens (tertiary/aromatic N) is 6. The van der Waals surface area contributed by atoms with Crippen LogP contribution in [0.4, 0.5) is 58.6 Å². The van der Waals surface area contributed by atoms with E-state index in [4.69, 9.17) is 11.6 Å². The molecule has 4 heterocycles. The van der Waals surface area contributed by atoms with Crippen LogP contribution >= 0.6 is 34.3 Å². The average Bonchev–Trinajstić information content (AvgIpc) is 3.99. The predicted octanol–water partition coefficient (Wildman–Crippen LogP) is 9.44. The normalized spacial score (nSPS) is 15.3. The molecule has 0 unspecified atom stereocenters. The Morgan fingerprint density at radius 2 is 0.833 bits per heavy atom. The molecule has 352 valence electrons. The second-order valence-corrected chi connectivity index (χ2v) is 20.4. The van der Waals surface area contributed by atoms with Crippen molar-refractivity contribution in [1.29, 1.82) is 0 Å². The van der Waals surface area contributed by atoms with Crippen molar-refractivity contribution in [2.45, 2.75) is 23.6 Å². The number of anilines is 2. The van der Waals surface area contributed by atoms with Gasteiger partial charge in [0.25, 0.3) is 0 Å². The fourth-order valence-corrected chi connectivity index (χ4v) is 12.0. The summed E-state index contributed by atoms with van der Waals surface area (Å²) in [5.41, 5.74) is 4.96. The Labute approximate surface area is 382 Å². The topological polar surface area (TPSA) is 107 Å². The van der Waals surface area contributed by atoms with Gasteiger partial charge in [-0.3, -0.25) is 0 Å². The Morgan fingerprint density at radius 1 is 0.485 bits per heavy atom. The summed E-state index contributed by atoms with van der Waals surface area (Å²) in [6.45, 7) is 3.35. The summed E-state index contributed by atoms with van der Waals surface area (Å²) < 4.78 is 202. The van der Waals surface area contributed by atoms with Crippen molar-refractivity contribution in [2.75, 3.05) is 62.2 Å². The van der Waals surface area contributed by atoms with Gasteiger partial charge < -0.3 is 9.80 Å². The van der Waals surface area contributed by atoms with E-state index in [0.717, 1.165) is 22.4 Å². The zero-order chi connectivity index (χ0) is 48.2. The van der Waals surface area contributed by atoms with Crippen LogP contribution in [-0.2, 0) is 20.0 Å². The molecule has 2 aromatic heterocycles. The Hall–Kier alpha value is -4.92. The van der Waals surface area contributed by atoms with E-state index in [-0.39, 0.29) is 57.4 Å². The highest BCUT2D eigenvalue weighted by Gasteiger charge is 2.40. The number of benzene rings is 4. The van der Waals surface area contributed by atoms with Gasteiger partial charge in [-0.25, -0.2) is 75.1 Å². The number of thiazole rings is 2. The summed E-state index contributed by atoms with van der Waals surface area (Å²) in [4.78, 5) is 8.82. The highest BCUT2D eigenvalue weighted by atomic mass is 35.5. The molecule has 2 fully saturated rings. The van der Waals surface area contributed by atoms with Crippen molar-refractivity contribution in [3.63, 3.8) is 0 Å². The fourth-order valence-electron chi connectivity index (χ4n) is 6.98. The minimum atomic E-state index is -4.99. The van der Waals surface area contributed by atoms with Crippen molar-refractivity contribution in [3.05, 3.63) is 127 Å². The van der Waals surface area contributed by atoms with Crippen LogP contribution in [0.25, 0.3) is 22.5 Å². The molecular weight excluding hydrogens is 1000 g/mol. The van der Waals surface area contributed by atoms with Gasteiger partial charge in [0, 0.05) is 74.2 Å². The van der Waals surface area contributed by atoms with Crippen LogP contribution in [-0.4, -0.2) is 87.8 Å². The highest BCUT2D eigenvalue weighted by Crippen LogP contribution is 2.35. The van der Waals surface area contributed by atoms with Gasteiger partial charge in [-0.05, 0) is 44.2 Å². The maximum absolute atomic E-state index is 14.1. The smallest absolute Gasteiger partial charge is 0.249 e. The number of hydrogen-bond acceptors (Lipinski definition) is 10. The van der Waals surface area contributed by atoms with Gasteiger partial charge in [0.1, 0.15) is 5.82 Å². The van der Waals surface area contributed by atoms with E-state index in [1.807, 2.05) is 37.4 Å². The van der Waals surface area contributed by atoms with Crippen molar-refractivity contribution in [2.24, 2.45) is 0 Å². The van der Waals surface area contributed by atoms with Crippen LogP contribution in [0.15, 0.2) is 56.9 Å². The molecule has 0 aliphatic carbocycles. The number of aromatic nitrogens is 2. The molecule has 2 aliphatic heterocycles. The summed E-state index contributed by atoms with van der Waals surface area (Å²) in [7, 11) is -9.94. The number of rotatable bonds is 8. The van der Waals surface area contributed by atoms with Crippen LogP contribution in [0, 0.1) is 77.8 Å². The molecule has 0 N–H and O–H groups in total. The van der Waals surface area contributed by atoms with Crippen LogP contribution in [0.2, 0.25) is 5.02 Å². The first-order valence-electron chi connectivity index (χ1n) is 19.0. The van der Waals surface area contributed by atoms with Crippen LogP contribution in [0.1, 0.15) is 11.1 Å². The van der Waals surface area contributed by atoms with Crippen molar-refractivity contribution >= 4 is 64.6 Å². The lowest BCUT2D eigenvalue weighted by atomic mass is 10.1. The molecule has 8 rings (SSSR count). The Morgan fingerprint density at radius 3 is 1.20 bits per heavy atom. The lowest BCUT2D eigenvalue weighted by Gasteiger charge is -2.33. The molecule has 0 radical (unpaired) electrons. The van der Waals surface area contributed by atoms with E-state index in [9.17, 15) is 65.1 Å². The first-order valence-corrected chi connectivity index (χ1v) is 24.0. The summed E-state index contributed by atoms with van der Waals surface area (Å²) >= 11 is 8.38. The summed E-state index contributed by atoms with van der Waals surface area (Å²) in [5, 5.41) is 4.63. The minimum absolute atomic E-state index is 0.0474. The van der Waals surface area contributed by atoms with Gasteiger partial charge in [-0.15, -0.1) is 22.7 Å². The number of hydrogen-bond donors (Lipinski definition) is 0. The second kappa shape index (κ2) is 19.0. The molecule has 66 heavy (non-hydrogen) atoms. The molecule has 0 spiro atoms. The molecule has 26 heteroatoms. The molecule has 6 aromatic rings. The largest absolute Gasteiger partial charge is 0.345 e. The number of aryl methyl sites for hydroxylation is 2. The SMILES string of the molecule is Cc1cc(C)cc(-c2csc(N3CCN(S(=O)(=O)c4c(F)c(F)c(F)c(F)c4F)CC3)n2)c1.O=S(=O)(c1c(F)c(F)c(F)c(F)c1F)N1CCN(c2nc(-c3ccc(F)c(Cl)c3)cs2)CC1. The Balaban J connectivity index is 0.000000196. The lowest BCUT2D eigenvalue weighted by Crippen LogP contribution is -2.49. The summed E-state index contributed by atoms with van der Waals surface area (Å²) in [6.07, 6.45) is 0. The lowest BCUT2D eigenvalue weighted by molar-refractivity contribution is 0.344. The first kappa shape index (κ1) is 49.0. The average molecular weight is 1030 g/mol. The standard InChI is InChI=1S/C21H18F5N3O2S2.C19H12ClF6N3O2S2/c1-11-7-12(2)9-13(8-11)14-10-32-21(27-14)28-3-5-29(6-4-28)33(30,31)20-18(25)16(23)15(22)17(24)19(20)26;20-10-7-9(1-2-11(10)21)12-8-32-19(27-12)28-3-5-29(6-4-28)33(30,31)18-16(25)14(23)13(22)15(24)17(18)26/h7-10H,3-6H2,1-2H3;1-2,7-8H,3-6H2. The maximum atomic E-state index is 14.1. The summed E-state index contributed by atoms with van der Waals surface area (Å²) in [5.74, 6) is -24.2. The van der Waals surface area contributed by atoms with Gasteiger partial charge in [0.05, 0.1) is 16.4 Å². The molecule has 0 atom stereocenters. The van der Waals surface area contributed by atoms with E-state index in [1.165, 1.54) is 40.9 Å². The second-order valence-electron chi connectivity index (χ2n) is 14.6. The monoisotopic (exact) mass is 1030 g/mol. The van der Waals surface area contributed by atoms with Crippen molar-refractivity contribution < 1.29 is 65.1 Å². The van der Waals surface area contributed by atoms with Gasteiger partial charge >= 0.3 is 0 Å². The molecular formula is C40H30ClF11N6O4S4. The first-order chi connectivity index (χ1) is 31.0. The molecule has 0 bridgehead atoms. The summed E-state index contributed by atoms with van der Waals surface area (Å²) in [6, 6.07) is 10.1. The fraction of sp³-hybridized carbons (Fsp3) is 0.250. The molecule has 10 nitrogen and oxygen atoms in total. The van der Waals surface area contributed by atoms with E-state index in [0.29, 0.717) is 30.1 Å². The third kappa shape index (κ3) is 9.34. The van der Waals surface area contributed by atoms with E-state index in [2.05, 4.69) is 9.97 Å². The van der Waals surface area contributed by atoms with Gasteiger partial charge in [0.15, 0.2) is 66.6 Å². The zero-order valence-corrected chi connectivity index (χ0v) is 37.8. The van der Waals surface area contributed by atoms with Crippen molar-refractivity contribution in [3.8, 4) is 22.5 Å². The molecule has 0 amide bonds. The van der Waals surface area contributed by atoms with Crippen LogP contribution < -0.4 is 9.80 Å². The molecule has 0 saturated carbocycles. The van der Waals surface area contributed by atoms with E-state index in [1.54, 1.807) is 15.2 Å². The van der Waals surface area contributed by atoms with Gasteiger partial charge in [0.2, 0.25) is 31.7 Å². The number of halogens is 12. The highest BCUT2D eigenvalue weighted by molar-refractivity contribution is 7.89. The maximum Gasteiger partial charge on any atom is 0.249 e. The van der Waals surface area contributed by atoms with Crippen LogP contribution in [0.3, 0.4) is 0 Å². The minimum Gasteiger partial charge on any atom is -0.345 e. The number of piperazine rings is 2. The van der Waals surface area contributed by atoms with E-state index >= 15 is 0 Å². The third-order valence-corrected chi connectivity index (χ3v) is 16.2. The van der Waals surface area contributed by atoms with Crippen molar-refractivity contribution in [1.82, 2.24) is 18.6 Å². The van der Waals surface area contributed by atoms with Crippen LogP contribution in [0.5, 0.6) is 0 Å². The van der Waals surface area contributed by atoms with Gasteiger partial charge in [-0.2, -0.15) is 8.61 Å². The Kier molecular flexibility index (Phi) is 14.1. The quantitative estimate of drug-likeness (QED) is 0.0844. The molecule has 2 saturated heterocycles. The zero-order valence-electron chi connectivity index (χ0n) is 33.8. The molecule has 4 aromatic carbocycles. The predicted molar refractivity (Wildman–Crippen MR) is 224 cm³/mol. The van der Waals surface area contributed by atoms with E-state index < -0.39 is 93.8 Å². The number of sulfonamides is 2.